The lowest BCUT2D eigenvalue weighted by atomic mass is 10.0. The minimum atomic E-state index is -0.252. The number of nitrogens with zero attached hydrogens (tertiary/aromatic N) is 1. The van der Waals surface area contributed by atoms with E-state index < -0.39 is 0 Å². The van der Waals surface area contributed by atoms with Gasteiger partial charge in [-0.15, -0.1) is 0 Å². The Hall–Kier alpha value is -2.99. The molecule has 2 amide bonds. The molecule has 0 saturated carbocycles. The molecular formula is C22H28N4O2. The zero-order valence-corrected chi connectivity index (χ0v) is 16.9. The van der Waals surface area contributed by atoms with Crippen molar-refractivity contribution in [2.24, 2.45) is 0 Å². The fraction of sp³-hybridized carbons (Fsp3) is 0.318. The summed E-state index contributed by atoms with van der Waals surface area (Å²) in [7, 11) is 0. The smallest absolute Gasteiger partial charge is 0.323 e. The van der Waals surface area contributed by atoms with E-state index in [2.05, 4.69) is 35.6 Å². The highest BCUT2D eigenvalue weighted by Gasteiger charge is 2.09. The van der Waals surface area contributed by atoms with Gasteiger partial charge in [0.25, 0.3) is 0 Å². The van der Waals surface area contributed by atoms with Crippen molar-refractivity contribution in [1.29, 1.82) is 0 Å². The van der Waals surface area contributed by atoms with Gasteiger partial charge >= 0.3 is 6.03 Å². The first-order valence-electron chi connectivity index (χ1n) is 9.59. The Kier molecular flexibility index (Phi) is 6.21. The molecule has 0 spiro atoms. The highest BCUT2D eigenvalue weighted by Crippen LogP contribution is 2.23. The number of benzene rings is 2. The van der Waals surface area contributed by atoms with E-state index in [1.165, 1.54) is 5.56 Å². The molecule has 3 N–H and O–H groups in total. The number of aromatic nitrogens is 2. The summed E-state index contributed by atoms with van der Waals surface area (Å²) in [6.07, 6.45) is 2.00. The molecular weight excluding hydrogens is 352 g/mol. The molecule has 3 rings (SSSR count). The quantitative estimate of drug-likeness (QED) is 0.512. The molecule has 2 aromatic carbocycles. The number of carbonyl (C=O) groups excluding carboxylic acids is 1. The van der Waals surface area contributed by atoms with Crippen LogP contribution in [0.15, 0.2) is 48.7 Å². The van der Waals surface area contributed by atoms with Crippen LogP contribution in [0.1, 0.15) is 43.5 Å². The van der Waals surface area contributed by atoms with E-state index in [1.807, 2.05) is 61.1 Å². The van der Waals surface area contributed by atoms with Crippen molar-refractivity contribution in [3.63, 3.8) is 0 Å². The molecule has 0 aliphatic rings. The predicted octanol–water partition coefficient (Wildman–Crippen LogP) is 5.42. The van der Waals surface area contributed by atoms with Gasteiger partial charge in [-0.05, 0) is 61.2 Å². The highest BCUT2D eigenvalue weighted by molar-refractivity contribution is 6.00. The lowest BCUT2D eigenvalue weighted by Gasteiger charge is -2.16. The van der Waals surface area contributed by atoms with Gasteiger partial charge in [0.2, 0.25) is 0 Å². The Bertz CT molecular complexity index is 910. The van der Waals surface area contributed by atoms with E-state index in [-0.39, 0.29) is 6.03 Å². The summed E-state index contributed by atoms with van der Waals surface area (Å²) in [5.41, 5.74) is 5.83. The van der Waals surface area contributed by atoms with Crippen LogP contribution in [-0.2, 0) is 11.3 Å². The fourth-order valence-electron chi connectivity index (χ4n) is 2.85. The Morgan fingerprint density at radius 3 is 2.50 bits per heavy atom. The SMILES string of the molecule is CCOCc1cn(-c2ccc(NC(=O)Nc3cc(C(C)C)ccc3C)cc2)[nH]1. The normalized spacial score (nSPS) is 11.0. The first-order chi connectivity index (χ1) is 13.5. The van der Waals surface area contributed by atoms with Gasteiger partial charge in [-0.25, -0.2) is 4.79 Å². The zero-order valence-electron chi connectivity index (χ0n) is 16.9. The number of H-pyrrole nitrogens is 1. The molecule has 0 saturated heterocycles. The minimum Gasteiger partial charge on any atom is -0.375 e. The molecule has 0 radical (unpaired) electrons. The molecule has 28 heavy (non-hydrogen) atoms. The number of rotatable bonds is 7. The lowest BCUT2D eigenvalue weighted by molar-refractivity contribution is 0.127. The van der Waals surface area contributed by atoms with Gasteiger partial charge in [-0.1, -0.05) is 26.0 Å². The number of anilines is 2. The number of hydrogen-bond acceptors (Lipinski definition) is 2. The average molecular weight is 380 g/mol. The first-order valence-corrected chi connectivity index (χ1v) is 9.59. The van der Waals surface area contributed by atoms with E-state index in [0.29, 0.717) is 19.1 Å². The molecule has 0 atom stereocenters. The maximum Gasteiger partial charge on any atom is 0.323 e. The van der Waals surface area contributed by atoms with Crippen LogP contribution in [0.3, 0.4) is 0 Å². The number of urea groups is 1. The third kappa shape index (κ3) is 4.84. The highest BCUT2D eigenvalue weighted by atomic mass is 16.5. The topological polar surface area (TPSA) is 71.1 Å². The number of nitrogens with one attached hydrogen (secondary N) is 3. The third-order valence-electron chi connectivity index (χ3n) is 4.59. The van der Waals surface area contributed by atoms with Crippen molar-refractivity contribution in [3.8, 4) is 5.69 Å². The number of hydrogen-bond donors (Lipinski definition) is 3. The van der Waals surface area contributed by atoms with Crippen LogP contribution < -0.4 is 10.6 Å². The van der Waals surface area contributed by atoms with Crippen molar-refractivity contribution >= 4 is 17.4 Å². The van der Waals surface area contributed by atoms with Crippen LogP contribution in [0.4, 0.5) is 16.2 Å². The standard InChI is InChI=1S/C22H28N4O2/c1-5-28-14-19-13-26(25-19)20-10-8-18(9-11-20)23-22(27)24-21-12-17(15(2)3)7-6-16(21)4/h6-13,15,25H,5,14H2,1-4H3,(H2,23,24,27). The fourth-order valence-corrected chi connectivity index (χ4v) is 2.85. The Morgan fingerprint density at radius 2 is 1.86 bits per heavy atom. The van der Waals surface area contributed by atoms with Gasteiger partial charge in [0.05, 0.1) is 24.2 Å². The van der Waals surface area contributed by atoms with Crippen molar-refractivity contribution < 1.29 is 9.53 Å². The largest absolute Gasteiger partial charge is 0.375 e. The summed E-state index contributed by atoms with van der Waals surface area (Å²) < 4.78 is 7.27. The van der Waals surface area contributed by atoms with Gasteiger partial charge < -0.3 is 15.4 Å². The minimum absolute atomic E-state index is 0.252. The van der Waals surface area contributed by atoms with Crippen LogP contribution in [0.25, 0.3) is 5.69 Å². The maximum atomic E-state index is 12.4. The molecule has 1 heterocycles. The molecule has 0 aliphatic carbocycles. The molecule has 6 heteroatoms. The third-order valence-corrected chi connectivity index (χ3v) is 4.59. The van der Waals surface area contributed by atoms with Gasteiger partial charge in [-0.3, -0.25) is 9.78 Å². The summed E-state index contributed by atoms with van der Waals surface area (Å²) in [5, 5.41) is 9.04. The summed E-state index contributed by atoms with van der Waals surface area (Å²) in [4.78, 5) is 12.4. The number of aryl methyl sites for hydroxylation is 1. The van der Waals surface area contributed by atoms with Gasteiger partial charge in [0, 0.05) is 18.0 Å². The number of ether oxygens (including phenoxy) is 1. The van der Waals surface area contributed by atoms with Crippen molar-refractivity contribution in [3.05, 3.63) is 65.5 Å². The molecule has 0 aliphatic heterocycles. The van der Waals surface area contributed by atoms with Crippen molar-refractivity contribution in [2.75, 3.05) is 17.2 Å². The van der Waals surface area contributed by atoms with Gasteiger partial charge in [0.1, 0.15) is 0 Å². The lowest BCUT2D eigenvalue weighted by Crippen LogP contribution is -2.20. The molecule has 1 aromatic heterocycles. The summed E-state index contributed by atoms with van der Waals surface area (Å²) in [5.74, 6) is 0.412. The molecule has 0 fully saturated rings. The Morgan fingerprint density at radius 1 is 1.14 bits per heavy atom. The second-order valence-electron chi connectivity index (χ2n) is 7.13. The van der Waals surface area contributed by atoms with E-state index in [1.54, 1.807) is 0 Å². The summed E-state index contributed by atoms with van der Waals surface area (Å²) >= 11 is 0. The summed E-state index contributed by atoms with van der Waals surface area (Å²) in [6.45, 7) is 9.52. The van der Waals surface area contributed by atoms with Crippen molar-refractivity contribution in [1.82, 2.24) is 9.78 Å². The van der Waals surface area contributed by atoms with Crippen LogP contribution >= 0.6 is 0 Å². The Labute approximate surface area is 165 Å². The second kappa shape index (κ2) is 8.80. The van der Waals surface area contributed by atoms with Crippen LogP contribution in [0.2, 0.25) is 0 Å². The number of amides is 2. The van der Waals surface area contributed by atoms with Gasteiger partial charge in [0.15, 0.2) is 0 Å². The van der Waals surface area contributed by atoms with Crippen molar-refractivity contribution in [2.45, 2.75) is 40.2 Å². The van der Waals surface area contributed by atoms with Crippen LogP contribution in [0.5, 0.6) is 0 Å². The Balaban J connectivity index is 1.59. The predicted molar refractivity (Wildman–Crippen MR) is 113 cm³/mol. The average Bonchev–Trinajstić information content (AvgIpc) is 2.63. The second-order valence-corrected chi connectivity index (χ2v) is 7.13. The molecule has 0 unspecified atom stereocenters. The molecule has 6 nitrogen and oxygen atoms in total. The first kappa shape index (κ1) is 19.8. The molecule has 0 bridgehead atoms. The number of carbonyl (C=O) groups is 1. The van der Waals surface area contributed by atoms with Crippen LogP contribution in [-0.4, -0.2) is 22.4 Å². The number of aromatic amines is 1. The zero-order chi connectivity index (χ0) is 20.1. The molecule has 148 valence electrons. The molecule has 3 aromatic rings. The van der Waals surface area contributed by atoms with E-state index in [9.17, 15) is 4.79 Å². The monoisotopic (exact) mass is 380 g/mol. The van der Waals surface area contributed by atoms with E-state index in [4.69, 9.17) is 4.74 Å². The van der Waals surface area contributed by atoms with E-state index >= 15 is 0 Å². The maximum absolute atomic E-state index is 12.4. The van der Waals surface area contributed by atoms with E-state index in [0.717, 1.165) is 28.3 Å². The van der Waals surface area contributed by atoms with Gasteiger partial charge in [-0.2, -0.15) is 0 Å². The van der Waals surface area contributed by atoms with Crippen LogP contribution in [0, 0.1) is 6.92 Å². The summed E-state index contributed by atoms with van der Waals surface area (Å²) in [6, 6.07) is 13.6.